The molecule has 0 fully saturated rings. The molecule has 0 atom stereocenters. The fraction of sp³-hybridized carbons (Fsp3) is 0.714. The van der Waals surface area contributed by atoms with Crippen LogP contribution >= 0.6 is 11.8 Å². The summed E-state index contributed by atoms with van der Waals surface area (Å²) < 4.78 is 0. The van der Waals surface area contributed by atoms with Gasteiger partial charge in [-0.15, -0.1) is 11.8 Å². The zero-order chi connectivity index (χ0) is 14.3. The van der Waals surface area contributed by atoms with Crippen molar-refractivity contribution in [1.82, 2.24) is 14.9 Å². The average molecular weight is 282 g/mol. The maximum atomic E-state index is 4.64. The molecule has 1 aromatic rings. The Morgan fingerprint density at radius 1 is 1.16 bits per heavy atom. The van der Waals surface area contributed by atoms with E-state index in [1.807, 2.05) is 18.8 Å². The number of thioether (sulfide) groups is 1. The van der Waals surface area contributed by atoms with Crippen LogP contribution in [-0.2, 0) is 6.42 Å². The number of aryl methyl sites for hydroxylation is 1. The van der Waals surface area contributed by atoms with Gasteiger partial charge in [-0.05, 0) is 20.0 Å². The van der Waals surface area contributed by atoms with Crippen molar-refractivity contribution < 1.29 is 0 Å². The van der Waals surface area contributed by atoms with Crippen molar-refractivity contribution in [3.05, 3.63) is 11.4 Å². The highest BCUT2D eigenvalue weighted by Crippen LogP contribution is 2.24. The Morgan fingerprint density at radius 3 is 2.37 bits per heavy atom. The van der Waals surface area contributed by atoms with Crippen LogP contribution in [0.5, 0.6) is 0 Å². The first-order valence-electron chi connectivity index (χ1n) is 7.06. The first-order chi connectivity index (χ1) is 9.15. The molecular weight excluding hydrogens is 256 g/mol. The van der Waals surface area contributed by atoms with E-state index in [1.165, 1.54) is 0 Å². The summed E-state index contributed by atoms with van der Waals surface area (Å²) in [6.45, 7) is 11.9. The minimum Gasteiger partial charge on any atom is -0.373 e. The van der Waals surface area contributed by atoms with Gasteiger partial charge in [0.25, 0.3) is 0 Å². The molecule has 0 aliphatic carbocycles. The Morgan fingerprint density at radius 2 is 1.84 bits per heavy atom. The maximum Gasteiger partial charge on any atom is 0.133 e. The van der Waals surface area contributed by atoms with Gasteiger partial charge >= 0.3 is 0 Å². The smallest absolute Gasteiger partial charge is 0.133 e. The van der Waals surface area contributed by atoms with Crippen molar-refractivity contribution >= 4 is 17.6 Å². The van der Waals surface area contributed by atoms with E-state index >= 15 is 0 Å². The van der Waals surface area contributed by atoms with Crippen molar-refractivity contribution in [3.8, 4) is 0 Å². The van der Waals surface area contributed by atoms with E-state index in [1.54, 1.807) is 0 Å². The average Bonchev–Trinajstić information content (AvgIpc) is 2.45. The van der Waals surface area contributed by atoms with Crippen LogP contribution in [0.25, 0.3) is 0 Å². The Kier molecular flexibility index (Phi) is 7.16. The number of nitrogens with one attached hydrogen (secondary N) is 1. The van der Waals surface area contributed by atoms with Crippen molar-refractivity contribution in [2.75, 3.05) is 37.8 Å². The summed E-state index contributed by atoms with van der Waals surface area (Å²) in [6.07, 6.45) is 0.874. The molecule has 0 aromatic carbocycles. The molecule has 0 aliphatic rings. The Balaban J connectivity index is 2.71. The molecule has 0 radical (unpaired) electrons. The van der Waals surface area contributed by atoms with E-state index in [9.17, 15) is 0 Å². The summed E-state index contributed by atoms with van der Waals surface area (Å²) in [5, 5.41) is 4.27. The zero-order valence-corrected chi connectivity index (χ0v) is 13.6. The normalized spacial score (nSPS) is 11.1. The van der Waals surface area contributed by atoms with Crippen molar-refractivity contribution in [2.24, 2.45) is 0 Å². The maximum absolute atomic E-state index is 4.64. The summed E-state index contributed by atoms with van der Waals surface area (Å²) in [5.41, 5.74) is 1.16. The van der Waals surface area contributed by atoms with Crippen LogP contribution in [0.2, 0.25) is 0 Å². The van der Waals surface area contributed by atoms with Crippen LogP contribution in [0.1, 0.15) is 32.2 Å². The van der Waals surface area contributed by atoms with Crippen LogP contribution < -0.4 is 5.32 Å². The van der Waals surface area contributed by atoms with Crippen LogP contribution in [0.15, 0.2) is 5.03 Å². The lowest BCUT2D eigenvalue weighted by Crippen LogP contribution is -2.25. The molecule has 108 valence electrons. The molecule has 0 aliphatic heterocycles. The fourth-order valence-electron chi connectivity index (χ4n) is 1.89. The van der Waals surface area contributed by atoms with Gasteiger partial charge in [0.05, 0.1) is 0 Å². The Labute approximate surface area is 121 Å². The van der Waals surface area contributed by atoms with Crippen molar-refractivity contribution in [3.63, 3.8) is 0 Å². The molecule has 1 N–H and O–H groups in total. The molecule has 0 unspecified atom stereocenters. The van der Waals surface area contributed by atoms with Gasteiger partial charge in [0.2, 0.25) is 0 Å². The van der Waals surface area contributed by atoms with Gasteiger partial charge in [-0.1, -0.05) is 20.8 Å². The van der Waals surface area contributed by atoms with E-state index in [-0.39, 0.29) is 0 Å². The minimum absolute atomic E-state index is 0.874. The van der Waals surface area contributed by atoms with E-state index < -0.39 is 0 Å². The van der Waals surface area contributed by atoms with Gasteiger partial charge in [0.1, 0.15) is 16.7 Å². The van der Waals surface area contributed by atoms with Gasteiger partial charge < -0.3 is 10.2 Å². The highest BCUT2D eigenvalue weighted by atomic mass is 32.2. The lowest BCUT2D eigenvalue weighted by Gasteiger charge is -2.18. The van der Waals surface area contributed by atoms with Crippen molar-refractivity contribution in [1.29, 1.82) is 0 Å². The molecule has 0 amide bonds. The molecule has 19 heavy (non-hydrogen) atoms. The third kappa shape index (κ3) is 4.66. The molecular formula is C14H26N4S. The van der Waals surface area contributed by atoms with Gasteiger partial charge in [0, 0.05) is 31.3 Å². The summed E-state index contributed by atoms with van der Waals surface area (Å²) in [6, 6.07) is 0. The van der Waals surface area contributed by atoms with Crippen LogP contribution in [-0.4, -0.2) is 47.3 Å². The van der Waals surface area contributed by atoms with Gasteiger partial charge in [0.15, 0.2) is 0 Å². The van der Waals surface area contributed by atoms with Crippen LogP contribution in [0.3, 0.4) is 0 Å². The van der Waals surface area contributed by atoms with E-state index in [0.29, 0.717) is 0 Å². The third-order valence-electron chi connectivity index (χ3n) is 3.24. The number of hydrogen-bond donors (Lipinski definition) is 1. The highest BCUT2D eigenvalue weighted by molar-refractivity contribution is 7.99. The van der Waals surface area contributed by atoms with Crippen LogP contribution in [0, 0.1) is 6.92 Å². The monoisotopic (exact) mass is 282 g/mol. The molecule has 0 saturated carbocycles. The van der Waals surface area contributed by atoms with Crippen LogP contribution in [0.4, 0.5) is 5.82 Å². The molecule has 4 nitrogen and oxygen atoms in total. The molecule has 0 spiro atoms. The zero-order valence-electron chi connectivity index (χ0n) is 12.8. The third-order valence-corrected chi connectivity index (χ3v) is 4.30. The van der Waals surface area contributed by atoms with Gasteiger partial charge in [-0.2, -0.15) is 0 Å². The number of rotatable bonds is 8. The molecule has 1 aromatic heterocycles. The number of aromatic nitrogens is 2. The molecule has 1 rings (SSSR count). The standard InChI is InChI=1S/C14H26N4S/c1-6-12-16-13(15-5)11(4)14(17-12)19-10-9-18(7-2)8-3/h6-10H2,1-5H3,(H,15,16,17). The summed E-state index contributed by atoms with van der Waals surface area (Å²) >= 11 is 1.83. The molecule has 0 saturated heterocycles. The predicted octanol–water partition coefficient (Wildman–Crippen LogP) is 2.82. The first kappa shape index (κ1) is 16.2. The first-order valence-corrected chi connectivity index (χ1v) is 8.05. The second-order valence-electron chi connectivity index (χ2n) is 4.40. The number of hydrogen-bond acceptors (Lipinski definition) is 5. The van der Waals surface area contributed by atoms with E-state index in [0.717, 1.165) is 54.0 Å². The lowest BCUT2D eigenvalue weighted by molar-refractivity contribution is 0.324. The second-order valence-corrected chi connectivity index (χ2v) is 5.48. The fourth-order valence-corrected chi connectivity index (χ4v) is 2.92. The quantitative estimate of drug-likeness (QED) is 0.586. The minimum atomic E-state index is 0.874. The highest BCUT2D eigenvalue weighted by Gasteiger charge is 2.10. The van der Waals surface area contributed by atoms with Crippen molar-refractivity contribution in [2.45, 2.75) is 39.1 Å². The summed E-state index contributed by atoms with van der Waals surface area (Å²) in [5.74, 6) is 2.95. The Bertz CT molecular complexity index is 391. The van der Waals surface area contributed by atoms with E-state index in [4.69, 9.17) is 0 Å². The Hall–Kier alpha value is -0.810. The molecule has 0 bridgehead atoms. The number of nitrogens with zero attached hydrogens (tertiary/aromatic N) is 3. The SMILES string of the molecule is CCc1nc(NC)c(C)c(SCCN(CC)CC)n1. The summed E-state index contributed by atoms with van der Waals surface area (Å²) in [7, 11) is 1.92. The number of anilines is 1. The second kappa shape index (κ2) is 8.38. The lowest BCUT2D eigenvalue weighted by atomic mass is 10.3. The summed E-state index contributed by atoms with van der Waals surface area (Å²) in [4.78, 5) is 11.6. The largest absolute Gasteiger partial charge is 0.373 e. The van der Waals surface area contributed by atoms with Gasteiger partial charge in [-0.3, -0.25) is 0 Å². The van der Waals surface area contributed by atoms with E-state index in [2.05, 4.69) is 47.9 Å². The molecule has 1 heterocycles. The molecule has 5 heteroatoms. The topological polar surface area (TPSA) is 41.1 Å². The van der Waals surface area contributed by atoms with Gasteiger partial charge in [-0.25, -0.2) is 9.97 Å². The predicted molar refractivity (Wildman–Crippen MR) is 84.2 cm³/mol.